The highest BCUT2D eigenvalue weighted by Gasteiger charge is 2.04. The molecule has 3 nitrogen and oxygen atoms in total. The molecule has 0 aliphatic heterocycles. The topological polar surface area (TPSA) is 30.5 Å². The monoisotopic (exact) mass is 277 g/mol. The van der Waals surface area contributed by atoms with E-state index in [1.54, 1.807) is 7.11 Å². The van der Waals surface area contributed by atoms with Gasteiger partial charge in [-0.05, 0) is 36.6 Å². The Kier molecular flexibility index (Phi) is 7.81. The van der Waals surface area contributed by atoms with Crippen LogP contribution in [0.3, 0.4) is 0 Å². The Bertz CT molecular complexity index is 413. The molecule has 0 fully saturated rings. The molecule has 0 heterocycles. The van der Waals surface area contributed by atoms with Crippen LogP contribution in [0.1, 0.15) is 32.8 Å². The highest BCUT2D eigenvalue weighted by atomic mass is 16.5. The van der Waals surface area contributed by atoms with E-state index in [1.807, 2.05) is 18.2 Å². The van der Waals surface area contributed by atoms with E-state index in [9.17, 15) is 0 Å². The second-order valence-electron chi connectivity index (χ2n) is 5.21. The van der Waals surface area contributed by atoms with Crippen LogP contribution in [0.4, 0.5) is 0 Å². The van der Waals surface area contributed by atoms with E-state index in [-0.39, 0.29) is 0 Å². The van der Waals surface area contributed by atoms with Crippen molar-refractivity contribution in [3.8, 4) is 11.5 Å². The van der Waals surface area contributed by atoms with Crippen LogP contribution in [0.25, 0.3) is 6.08 Å². The molecule has 0 aromatic heterocycles. The van der Waals surface area contributed by atoms with E-state index >= 15 is 0 Å². The Morgan fingerprint density at radius 1 is 1.25 bits per heavy atom. The number of rotatable bonds is 9. The van der Waals surface area contributed by atoms with Crippen molar-refractivity contribution in [1.82, 2.24) is 5.32 Å². The van der Waals surface area contributed by atoms with Gasteiger partial charge in [-0.1, -0.05) is 39.0 Å². The van der Waals surface area contributed by atoms with Gasteiger partial charge in [0, 0.05) is 6.54 Å². The van der Waals surface area contributed by atoms with Crippen molar-refractivity contribution in [2.75, 3.05) is 26.8 Å². The van der Waals surface area contributed by atoms with Crippen LogP contribution in [0.15, 0.2) is 24.3 Å². The first-order chi connectivity index (χ1) is 9.67. The fourth-order valence-corrected chi connectivity index (χ4v) is 1.77. The number of hydrogen-bond donors (Lipinski definition) is 1. The Morgan fingerprint density at radius 2 is 2.05 bits per heavy atom. The van der Waals surface area contributed by atoms with Crippen LogP contribution in [-0.4, -0.2) is 26.8 Å². The SMILES string of the molecule is CCCOc1cc(C=CCNCC(C)C)ccc1OC. The molecular formula is C17H27NO2. The summed E-state index contributed by atoms with van der Waals surface area (Å²) in [6.45, 7) is 9.14. The second kappa shape index (κ2) is 9.43. The van der Waals surface area contributed by atoms with E-state index in [4.69, 9.17) is 9.47 Å². The van der Waals surface area contributed by atoms with Gasteiger partial charge in [0.05, 0.1) is 13.7 Å². The number of hydrogen-bond acceptors (Lipinski definition) is 3. The van der Waals surface area contributed by atoms with Gasteiger partial charge >= 0.3 is 0 Å². The third-order valence-electron chi connectivity index (χ3n) is 2.77. The Labute approximate surface area is 123 Å². The maximum absolute atomic E-state index is 5.70. The van der Waals surface area contributed by atoms with Crippen molar-refractivity contribution in [2.24, 2.45) is 5.92 Å². The lowest BCUT2D eigenvalue weighted by atomic mass is 10.2. The Balaban J connectivity index is 2.59. The van der Waals surface area contributed by atoms with Crippen molar-refractivity contribution in [1.29, 1.82) is 0 Å². The minimum absolute atomic E-state index is 0.679. The third-order valence-corrected chi connectivity index (χ3v) is 2.77. The zero-order chi connectivity index (χ0) is 14.8. The van der Waals surface area contributed by atoms with Crippen molar-refractivity contribution >= 4 is 6.08 Å². The van der Waals surface area contributed by atoms with Gasteiger partial charge in [-0.2, -0.15) is 0 Å². The summed E-state index contributed by atoms with van der Waals surface area (Å²) in [4.78, 5) is 0. The van der Waals surface area contributed by atoms with Gasteiger partial charge in [0.1, 0.15) is 0 Å². The summed E-state index contributed by atoms with van der Waals surface area (Å²) in [5, 5.41) is 3.38. The minimum Gasteiger partial charge on any atom is -0.493 e. The zero-order valence-corrected chi connectivity index (χ0v) is 13.1. The maximum Gasteiger partial charge on any atom is 0.161 e. The molecular weight excluding hydrogens is 250 g/mol. The fourth-order valence-electron chi connectivity index (χ4n) is 1.77. The van der Waals surface area contributed by atoms with Gasteiger partial charge in [0.2, 0.25) is 0 Å². The molecule has 1 rings (SSSR count). The lowest BCUT2D eigenvalue weighted by Crippen LogP contribution is -2.19. The van der Waals surface area contributed by atoms with Crippen molar-refractivity contribution < 1.29 is 9.47 Å². The molecule has 0 saturated carbocycles. The largest absolute Gasteiger partial charge is 0.493 e. The average Bonchev–Trinajstić information content (AvgIpc) is 2.44. The van der Waals surface area contributed by atoms with E-state index in [0.29, 0.717) is 12.5 Å². The molecule has 1 aromatic carbocycles. The van der Waals surface area contributed by atoms with Crippen LogP contribution >= 0.6 is 0 Å². The van der Waals surface area contributed by atoms with Crippen molar-refractivity contribution in [3.05, 3.63) is 29.8 Å². The second-order valence-corrected chi connectivity index (χ2v) is 5.21. The highest BCUT2D eigenvalue weighted by Crippen LogP contribution is 2.28. The first-order valence-electron chi connectivity index (χ1n) is 7.35. The molecule has 0 unspecified atom stereocenters. The molecule has 0 atom stereocenters. The molecule has 0 aliphatic rings. The molecule has 0 saturated heterocycles. The highest BCUT2D eigenvalue weighted by molar-refractivity contribution is 5.56. The van der Waals surface area contributed by atoms with E-state index in [1.165, 1.54) is 0 Å². The van der Waals surface area contributed by atoms with Crippen LogP contribution in [0.5, 0.6) is 11.5 Å². The van der Waals surface area contributed by atoms with Crippen molar-refractivity contribution in [2.45, 2.75) is 27.2 Å². The van der Waals surface area contributed by atoms with E-state index in [0.717, 1.165) is 36.6 Å². The number of methoxy groups -OCH3 is 1. The minimum atomic E-state index is 0.679. The van der Waals surface area contributed by atoms with Crippen LogP contribution in [-0.2, 0) is 0 Å². The smallest absolute Gasteiger partial charge is 0.161 e. The van der Waals surface area contributed by atoms with Gasteiger partial charge < -0.3 is 14.8 Å². The summed E-state index contributed by atoms with van der Waals surface area (Å²) in [6, 6.07) is 6.01. The van der Waals surface area contributed by atoms with Crippen LogP contribution in [0, 0.1) is 5.92 Å². The summed E-state index contributed by atoms with van der Waals surface area (Å²) in [5.74, 6) is 2.28. The van der Waals surface area contributed by atoms with Gasteiger partial charge in [-0.3, -0.25) is 0 Å². The number of nitrogens with one attached hydrogen (secondary N) is 1. The van der Waals surface area contributed by atoms with E-state index < -0.39 is 0 Å². The molecule has 0 aliphatic carbocycles. The first kappa shape index (κ1) is 16.6. The molecule has 0 bridgehead atoms. The molecule has 112 valence electrons. The molecule has 20 heavy (non-hydrogen) atoms. The molecule has 1 aromatic rings. The number of ether oxygens (including phenoxy) is 2. The summed E-state index contributed by atoms with van der Waals surface area (Å²) < 4.78 is 11.0. The standard InChI is InChI=1S/C17H27NO2/c1-5-11-20-17-12-15(8-9-16(17)19-4)7-6-10-18-13-14(2)3/h6-9,12,14,18H,5,10-11,13H2,1-4H3. The Hall–Kier alpha value is -1.48. The van der Waals surface area contributed by atoms with E-state index in [2.05, 4.69) is 38.2 Å². The third kappa shape index (κ3) is 6.11. The first-order valence-corrected chi connectivity index (χ1v) is 7.35. The summed E-state index contributed by atoms with van der Waals surface area (Å²) in [6.07, 6.45) is 5.22. The Morgan fingerprint density at radius 3 is 2.70 bits per heavy atom. The molecule has 0 radical (unpaired) electrons. The predicted molar refractivity (Wildman–Crippen MR) is 85.5 cm³/mol. The molecule has 3 heteroatoms. The average molecular weight is 277 g/mol. The van der Waals surface area contributed by atoms with Crippen LogP contribution < -0.4 is 14.8 Å². The van der Waals surface area contributed by atoms with Gasteiger partial charge in [0.15, 0.2) is 11.5 Å². The van der Waals surface area contributed by atoms with Crippen molar-refractivity contribution in [3.63, 3.8) is 0 Å². The quantitative estimate of drug-likeness (QED) is 0.697. The summed E-state index contributed by atoms with van der Waals surface area (Å²) in [7, 11) is 1.67. The lowest BCUT2D eigenvalue weighted by molar-refractivity contribution is 0.294. The predicted octanol–water partition coefficient (Wildman–Crippen LogP) is 3.74. The fraction of sp³-hybridized carbons (Fsp3) is 0.529. The normalized spacial score (nSPS) is 11.2. The number of benzene rings is 1. The lowest BCUT2D eigenvalue weighted by Gasteiger charge is -2.10. The van der Waals surface area contributed by atoms with Gasteiger partial charge in [-0.25, -0.2) is 0 Å². The zero-order valence-electron chi connectivity index (χ0n) is 13.1. The summed E-state index contributed by atoms with van der Waals surface area (Å²) in [5.41, 5.74) is 1.13. The van der Waals surface area contributed by atoms with Crippen LogP contribution in [0.2, 0.25) is 0 Å². The summed E-state index contributed by atoms with van der Waals surface area (Å²) >= 11 is 0. The van der Waals surface area contributed by atoms with Gasteiger partial charge in [0.25, 0.3) is 0 Å². The van der Waals surface area contributed by atoms with Gasteiger partial charge in [-0.15, -0.1) is 0 Å². The molecule has 0 spiro atoms. The molecule has 1 N–H and O–H groups in total. The molecule has 0 amide bonds. The maximum atomic E-state index is 5.70.